The first-order valence-electron chi connectivity index (χ1n) is 11.4. The summed E-state index contributed by atoms with van der Waals surface area (Å²) in [7, 11) is 1.86. The monoisotopic (exact) mass is 562 g/mol. The van der Waals surface area contributed by atoms with E-state index in [1.54, 1.807) is 6.20 Å². The maximum atomic E-state index is 6.34. The van der Waals surface area contributed by atoms with Gasteiger partial charge in [0.05, 0.1) is 18.2 Å². The van der Waals surface area contributed by atoms with Gasteiger partial charge in [0.1, 0.15) is 5.82 Å². The Morgan fingerprint density at radius 1 is 1.26 bits per heavy atom. The molecular weight excluding hydrogens is 527 g/mol. The first-order chi connectivity index (χ1) is 14.7. The van der Waals surface area contributed by atoms with Crippen molar-refractivity contribution in [2.24, 2.45) is 4.99 Å². The molecule has 0 aromatic carbocycles. The molecule has 0 bridgehead atoms. The topological polar surface area (TPSA) is 65.0 Å². The fourth-order valence-electron chi connectivity index (χ4n) is 5.17. The molecule has 3 aliphatic rings. The number of rotatable bonds is 5. The van der Waals surface area contributed by atoms with Crippen LogP contribution in [0.5, 0.6) is 0 Å². The van der Waals surface area contributed by atoms with Crippen LogP contribution >= 0.6 is 35.6 Å². The van der Waals surface area contributed by atoms with E-state index >= 15 is 0 Å². The molecule has 0 radical (unpaired) electrons. The Bertz CT molecular complexity index is 724. The van der Waals surface area contributed by atoms with Gasteiger partial charge in [0.15, 0.2) is 5.96 Å². The zero-order valence-corrected chi connectivity index (χ0v) is 21.6. The second-order valence-corrected chi connectivity index (χ2v) is 9.10. The minimum atomic E-state index is 0. The van der Waals surface area contributed by atoms with Crippen LogP contribution in [0.2, 0.25) is 5.02 Å². The third kappa shape index (κ3) is 6.15. The third-order valence-corrected chi connectivity index (χ3v) is 7.14. The number of nitrogens with one attached hydrogen (secondary N) is 2. The van der Waals surface area contributed by atoms with Crippen molar-refractivity contribution in [1.82, 2.24) is 20.5 Å². The molecule has 1 aliphatic carbocycles. The molecule has 1 unspecified atom stereocenters. The maximum Gasteiger partial charge on any atom is 0.191 e. The van der Waals surface area contributed by atoms with Gasteiger partial charge in [-0.3, -0.25) is 9.89 Å². The van der Waals surface area contributed by atoms with Crippen LogP contribution in [-0.4, -0.2) is 80.4 Å². The van der Waals surface area contributed by atoms with Crippen LogP contribution in [0.25, 0.3) is 0 Å². The van der Waals surface area contributed by atoms with Crippen molar-refractivity contribution < 1.29 is 4.74 Å². The number of hydrogen-bond acceptors (Lipinski definition) is 5. The summed E-state index contributed by atoms with van der Waals surface area (Å²) < 4.78 is 5.61. The predicted octanol–water partition coefficient (Wildman–Crippen LogP) is 3.13. The van der Waals surface area contributed by atoms with Crippen molar-refractivity contribution in [3.05, 3.63) is 23.4 Å². The predicted molar refractivity (Wildman–Crippen MR) is 138 cm³/mol. The van der Waals surface area contributed by atoms with Gasteiger partial charge < -0.3 is 20.3 Å². The van der Waals surface area contributed by atoms with E-state index in [1.807, 2.05) is 19.2 Å². The van der Waals surface area contributed by atoms with E-state index in [2.05, 4.69) is 30.4 Å². The molecular formula is C22H36ClIN6O. The average molecular weight is 563 g/mol. The fraction of sp³-hybridized carbons (Fsp3) is 0.727. The minimum absolute atomic E-state index is 0. The van der Waals surface area contributed by atoms with Crippen LogP contribution in [0.1, 0.15) is 38.5 Å². The van der Waals surface area contributed by atoms with Crippen molar-refractivity contribution in [1.29, 1.82) is 0 Å². The van der Waals surface area contributed by atoms with E-state index in [1.165, 1.54) is 32.1 Å². The summed E-state index contributed by atoms with van der Waals surface area (Å²) in [5.41, 5.74) is 0.225. The lowest BCUT2D eigenvalue weighted by atomic mass is 9.80. The van der Waals surface area contributed by atoms with Gasteiger partial charge in [-0.25, -0.2) is 4.98 Å². The molecule has 3 heterocycles. The number of aromatic nitrogens is 1. The number of morpholine rings is 1. The molecule has 0 amide bonds. The van der Waals surface area contributed by atoms with Crippen LogP contribution in [0, 0.1) is 0 Å². The molecule has 0 spiro atoms. The number of anilines is 1. The highest BCUT2D eigenvalue weighted by molar-refractivity contribution is 14.0. The standard InChI is InChI=1S/C22H35ClN6O.HI/c1-24-21(27-18-7-11-28(16-18)20-19(23)6-5-10-25-20)26-17-22(8-3-2-4-9-22)29-12-14-30-15-13-29;/h5-6,10,18H,2-4,7-9,11-17H2,1H3,(H2,24,26,27);1H. The van der Waals surface area contributed by atoms with Crippen molar-refractivity contribution in [2.75, 3.05) is 57.9 Å². The highest BCUT2D eigenvalue weighted by Gasteiger charge is 2.38. The highest BCUT2D eigenvalue weighted by Crippen LogP contribution is 2.34. The SMILES string of the molecule is CN=C(NCC1(N2CCOCC2)CCCCC1)NC1CCN(c2ncccc2Cl)C1.I. The van der Waals surface area contributed by atoms with Gasteiger partial charge in [0.25, 0.3) is 0 Å². The molecule has 174 valence electrons. The molecule has 4 rings (SSSR count). The normalized spacial score (nSPS) is 24.5. The Hall–Kier alpha value is -0.840. The minimum Gasteiger partial charge on any atom is -0.379 e. The summed E-state index contributed by atoms with van der Waals surface area (Å²) in [6.07, 6.45) is 9.34. The lowest BCUT2D eigenvalue weighted by Crippen LogP contribution is -2.61. The number of guanidine groups is 1. The second-order valence-electron chi connectivity index (χ2n) is 8.69. The van der Waals surface area contributed by atoms with Gasteiger partial charge >= 0.3 is 0 Å². The zero-order chi connectivity index (χ0) is 20.8. The summed E-state index contributed by atoms with van der Waals surface area (Å²) in [6.45, 7) is 6.54. The number of nitrogens with zero attached hydrogens (tertiary/aromatic N) is 4. The Kier molecular flexibility index (Phi) is 9.48. The first kappa shape index (κ1) is 24.8. The summed E-state index contributed by atoms with van der Waals surface area (Å²) in [5, 5.41) is 8.01. The summed E-state index contributed by atoms with van der Waals surface area (Å²) in [5.74, 6) is 1.77. The van der Waals surface area contributed by atoms with Crippen LogP contribution in [0.15, 0.2) is 23.3 Å². The molecule has 1 aromatic heterocycles. The molecule has 2 saturated heterocycles. The first-order valence-corrected chi connectivity index (χ1v) is 11.7. The molecule has 1 aromatic rings. The lowest BCUT2D eigenvalue weighted by Gasteiger charge is -2.48. The Morgan fingerprint density at radius 2 is 2.03 bits per heavy atom. The van der Waals surface area contributed by atoms with E-state index < -0.39 is 0 Å². The molecule has 7 nitrogen and oxygen atoms in total. The largest absolute Gasteiger partial charge is 0.379 e. The quantitative estimate of drug-likeness (QED) is 0.327. The van der Waals surface area contributed by atoms with Gasteiger partial charge in [-0.05, 0) is 31.4 Å². The number of ether oxygens (including phenoxy) is 1. The van der Waals surface area contributed by atoms with E-state index in [9.17, 15) is 0 Å². The summed E-state index contributed by atoms with van der Waals surface area (Å²) in [6, 6.07) is 4.11. The van der Waals surface area contributed by atoms with Crippen LogP contribution in [-0.2, 0) is 4.74 Å². The van der Waals surface area contributed by atoms with E-state index in [0.717, 1.165) is 64.1 Å². The second kappa shape index (κ2) is 11.9. The van der Waals surface area contributed by atoms with Crippen LogP contribution in [0.3, 0.4) is 0 Å². The van der Waals surface area contributed by atoms with Crippen LogP contribution in [0.4, 0.5) is 5.82 Å². The molecule has 1 atom stereocenters. The van der Waals surface area contributed by atoms with E-state index in [0.29, 0.717) is 11.1 Å². The van der Waals surface area contributed by atoms with Gasteiger partial charge in [-0.15, -0.1) is 24.0 Å². The highest BCUT2D eigenvalue weighted by atomic mass is 127. The fourth-order valence-corrected chi connectivity index (χ4v) is 5.41. The van der Waals surface area contributed by atoms with E-state index in [-0.39, 0.29) is 29.5 Å². The average Bonchev–Trinajstić information content (AvgIpc) is 3.26. The maximum absolute atomic E-state index is 6.34. The summed E-state index contributed by atoms with van der Waals surface area (Å²) in [4.78, 5) is 13.9. The van der Waals surface area contributed by atoms with E-state index in [4.69, 9.17) is 16.3 Å². The molecule has 1 saturated carbocycles. The Labute approximate surface area is 208 Å². The van der Waals surface area contributed by atoms with Crippen molar-refractivity contribution >= 4 is 47.4 Å². The number of hydrogen-bond donors (Lipinski definition) is 2. The van der Waals surface area contributed by atoms with Crippen molar-refractivity contribution in [3.8, 4) is 0 Å². The van der Waals surface area contributed by atoms with Crippen molar-refractivity contribution in [2.45, 2.75) is 50.1 Å². The Balaban J connectivity index is 0.00000272. The van der Waals surface area contributed by atoms with Gasteiger partial charge in [0.2, 0.25) is 0 Å². The van der Waals surface area contributed by atoms with Gasteiger partial charge in [-0.2, -0.15) is 0 Å². The number of halogens is 2. The molecule has 31 heavy (non-hydrogen) atoms. The number of aliphatic imine (C=N–C) groups is 1. The molecule has 9 heteroatoms. The third-order valence-electron chi connectivity index (χ3n) is 6.84. The van der Waals surface area contributed by atoms with Crippen molar-refractivity contribution in [3.63, 3.8) is 0 Å². The van der Waals surface area contributed by atoms with Gasteiger partial charge in [0, 0.05) is 57.5 Å². The van der Waals surface area contributed by atoms with Crippen LogP contribution < -0.4 is 15.5 Å². The summed E-state index contributed by atoms with van der Waals surface area (Å²) >= 11 is 6.34. The smallest absolute Gasteiger partial charge is 0.191 e. The zero-order valence-electron chi connectivity index (χ0n) is 18.5. The number of pyridine rings is 1. The molecule has 2 aliphatic heterocycles. The molecule has 3 fully saturated rings. The molecule has 2 N–H and O–H groups in total. The lowest BCUT2D eigenvalue weighted by molar-refractivity contribution is -0.0352. The Morgan fingerprint density at radius 3 is 2.74 bits per heavy atom. The van der Waals surface area contributed by atoms with Gasteiger partial charge in [-0.1, -0.05) is 30.9 Å².